The van der Waals surface area contributed by atoms with Gasteiger partial charge in [0, 0.05) is 41.3 Å². The fourth-order valence-electron chi connectivity index (χ4n) is 1.25. The van der Waals surface area contributed by atoms with Gasteiger partial charge in [-0.15, -0.1) is 5.06 Å². The van der Waals surface area contributed by atoms with Crippen molar-refractivity contribution < 1.29 is 27.0 Å². The molecule has 0 aromatic rings. The van der Waals surface area contributed by atoms with Crippen molar-refractivity contribution in [1.82, 2.24) is 5.06 Å². The van der Waals surface area contributed by atoms with Crippen LogP contribution in [-0.2, 0) is 20.4 Å². The lowest BCUT2D eigenvalue weighted by atomic mass is 10.1. The molecule has 0 aliphatic carbocycles. The van der Waals surface area contributed by atoms with Crippen molar-refractivity contribution in [3.63, 3.8) is 0 Å². The summed E-state index contributed by atoms with van der Waals surface area (Å²) in [4.78, 5) is 14.5. The summed E-state index contributed by atoms with van der Waals surface area (Å²) in [5.41, 5.74) is 0. The molecule has 94 valence electrons. The second kappa shape index (κ2) is 5.13. The summed E-state index contributed by atoms with van der Waals surface area (Å²) in [7, 11) is -0.940. The van der Waals surface area contributed by atoms with Crippen LogP contribution in [0.1, 0.15) is 6.92 Å². The van der Waals surface area contributed by atoms with Gasteiger partial charge in [0.1, 0.15) is 0 Å². The molecule has 1 aliphatic rings. The molecule has 0 radical (unpaired) electrons. The number of hydrogen-bond donors (Lipinski definition) is 0. The van der Waals surface area contributed by atoms with Gasteiger partial charge in [0.25, 0.3) is 0 Å². The molecule has 1 heterocycles. The molecule has 1 unspecified atom stereocenters. The van der Waals surface area contributed by atoms with Crippen LogP contribution in [0.25, 0.3) is 0 Å². The van der Waals surface area contributed by atoms with E-state index in [1.54, 1.807) is 6.92 Å². The quantitative estimate of drug-likeness (QED) is 0.746. The van der Waals surface area contributed by atoms with Gasteiger partial charge < -0.3 is 4.84 Å². The van der Waals surface area contributed by atoms with Crippen LogP contribution in [0.2, 0.25) is 0 Å². The fraction of sp³-hybridized carbons (Fsp3) is 0.875. The third kappa shape index (κ3) is 3.75. The van der Waals surface area contributed by atoms with Gasteiger partial charge in [0.2, 0.25) is 0 Å². The van der Waals surface area contributed by atoms with Crippen molar-refractivity contribution >= 4 is 16.8 Å². The van der Waals surface area contributed by atoms with E-state index in [2.05, 4.69) is 4.84 Å². The molecule has 1 rings (SSSR count). The van der Waals surface area contributed by atoms with Crippen molar-refractivity contribution in [2.75, 3.05) is 24.6 Å². The Bertz CT molecular complexity index is 289. The Morgan fingerprint density at radius 2 is 2.06 bits per heavy atom. The monoisotopic (exact) mass is 259 g/mol. The first-order chi connectivity index (χ1) is 7.32. The Kier molecular flexibility index (Phi) is 4.31. The predicted octanol–water partition coefficient (Wildman–Crippen LogP) is 0.707. The first-order valence-corrected chi connectivity index (χ1v) is 6.20. The zero-order valence-electron chi connectivity index (χ0n) is 8.62. The fourth-order valence-corrected chi connectivity index (χ4v) is 2.22. The van der Waals surface area contributed by atoms with Crippen molar-refractivity contribution in [3.8, 4) is 0 Å². The normalized spacial score (nSPS) is 20.2. The van der Waals surface area contributed by atoms with Gasteiger partial charge >= 0.3 is 12.1 Å². The molecular formula is C8H12F3NO3S. The van der Waals surface area contributed by atoms with Crippen molar-refractivity contribution in [2.24, 2.45) is 5.92 Å². The molecule has 0 amide bonds. The molecule has 8 heteroatoms. The summed E-state index contributed by atoms with van der Waals surface area (Å²) >= 11 is 0. The Labute approximate surface area is 93.1 Å². The first kappa shape index (κ1) is 13.4. The summed E-state index contributed by atoms with van der Waals surface area (Å²) in [5, 5.41) is 0.938. The minimum atomic E-state index is -4.96. The third-order valence-electron chi connectivity index (χ3n) is 2.11. The van der Waals surface area contributed by atoms with Crippen LogP contribution < -0.4 is 0 Å². The molecule has 0 aromatic carbocycles. The third-order valence-corrected chi connectivity index (χ3v) is 3.60. The van der Waals surface area contributed by atoms with E-state index in [1.165, 1.54) is 0 Å². The van der Waals surface area contributed by atoms with Crippen LogP contribution in [0.15, 0.2) is 0 Å². The Morgan fingerprint density at radius 3 is 2.50 bits per heavy atom. The lowest BCUT2D eigenvalue weighted by Gasteiger charge is -2.36. The van der Waals surface area contributed by atoms with Gasteiger partial charge in [-0.3, -0.25) is 4.21 Å². The van der Waals surface area contributed by atoms with E-state index in [1.807, 2.05) is 0 Å². The van der Waals surface area contributed by atoms with E-state index in [4.69, 9.17) is 0 Å². The number of rotatable bonds is 4. The first-order valence-electron chi connectivity index (χ1n) is 4.72. The van der Waals surface area contributed by atoms with Crippen molar-refractivity contribution in [3.05, 3.63) is 0 Å². The highest BCUT2D eigenvalue weighted by atomic mass is 32.2. The number of carbonyl (C=O) groups is 1. The van der Waals surface area contributed by atoms with E-state index in [-0.39, 0.29) is 19.0 Å². The Morgan fingerprint density at radius 1 is 1.50 bits per heavy atom. The predicted molar refractivity (Wildman–Crippen MR) is 50.8 cm³/mol. The van der Waals surface area contributed by atoms with Gasteiger partial charge in [0.05, 0.1) is 0 Å². The maximum Gasteiger partial charge on any atom is 0.492 e. The van der Waals surface area contributed by atoms with Crippen LogP contribution in [0.5, 0.6) is 0 Å². The van der Waals surface area contributed by atoms with E-state index < -0.39 is 22.9 Å². The summed E-state index contributed by atoms with van der Waals surface area (Å²) in [6.45, 7) is 2.21. The molecule has 1 atom stereocenters. The molecular weight excluding hydrogens is 247 g/mol. The molecule has 0 aromatic heterocycles. The highest BCUT2D eigenvalue weighted by molar-refractivity contribution is 7.84. The van der Waals surface area contributed by atoms with E-state index in [9.17, 15) is 22.2 Å². The smallest absolute Gasteiger partial charge is 0.361 e. The second-order valence-electron chi connectivity index (χ2n) is 3.48. The summed E-state index contributed by atoms with van der Waals surface area (Å²) in [5.74, 6) is -1.19. The average Bonchev–Trinajstić information content (AvgIpc) is 2.12. The van der Waals surface area contributed by atoms with Crippen LogP contribution >= 0.6 is 0 Å². The standard InChI is InChI=1S/C8H12F3NO3S/c1-2-16(14)5-6-3-12(4-6)15-7(13)8(9,10)11/h6H,2-5H2,1H3. The van der Waals surface area contributed by atoms with Crippen molar-refractivity contribution in [2.45, 2.75) is 13.1 Å². The SMILES string of the molecule is CCS(=O)CC1CN(OC(=O)C(F)(F)F)C1. The molecule has 1 saturated heterocycles. The van der Waals surface area contributed by atoms with Gasteiger partial charge in [-0.2, -0.15) is 13.2 Å². The summed E-state index contributed by atoms with van der Waals surface area (Å²) in [6.07, 6.45) is -4.96. The lowest BCUT2D eigenvalue weighted by Crippen LogP contribution is -2.51. The lowest BCUT2D eigenvalue weighted by molar-refractivity contribution is -0.257. The van der Waals surface area contributed by atoms with Crippen LogP contribution in [0.3, 0.4) is 0 Å². The van der Waals surface area contributed by atoms with E-state index in [0.29, 0.717) is 11.5 Å². The summed E-state index contributed by atoms with van der Waals surface area (Å²) < 4.78 is 46.5. The van der Waals surface area contributed by atoms with Gasteiger partial charge in [-0.25, -0.2) is 4.79 Å². The minimum Gasteiger partial charge on any atom is -0.361 e. The molecule has 0 spiro atoms. The number of nitrogens with zero attached hydrogens (tertiary/aromatic N) is 1. The number of halogens is 3. The molecule has 0 N–H and O–H groups in total. The van der Waals surface area contributed by atoms with Gasteiger partial charge in [-0.05, 0) is 0 Å². The molecule has 4 nitrogen and oxygen atoms in total. The summed E-state index contributed by atoms with van der Waals surface area (Å²) in [6, 6.07) is 0. The topological polar surface area (TPSA) is 46.6 Å². The second-order valence-corrected chi connectivity index (χ2v) is 5.27. The number of alkyl halides is 3. The molecule has 0 bridgehead atoms. The molecule has 1 fully saturated rings. The number of carbonyl (C=O) groups excluding carboxylic acids is 1. The zero-order chi connectivity index (χ0) is 12.3. The van der Waals surface area contributed by atoms with E-state index >= 15 is 0 Å². The highest BCUT2D eigenvalue weighted by Crippen LogP contribution is 2.22. The van der Waals surface area contributed by atoms with Crippen molar-refractivity contribution in [1.29, 1.82) is 0 Å². The van der Waals surface area contributed by atoms with Gasteiger partial charge in [0.15, 0.2) is 0 Å². The minimum absolute atomic E-state index is 0.0433. The van der Waals surface area contributed by atoms with Crippen LogP contribution in [-0.4, -0.2) is 46.0 Å². The maximum absolute atomic E-state index is 11.8. The van der Waals surface area contributed by atoms with E-state index in [0.717, 1.165) is 5.06 Å². The highest BCUT2D eigenvalue weighted by Gasteiger charge is 2.44. The van der Waals surface area contributed by atoms with Gasteiger partial charge in [-0.1, -0.05) is 6.92 Å². The average molecular weight is 259 g/mol. The van der Waals surface area contributed by atoms with Crippen LogP contribution in [0, 0.1) is 5.92 Å². The zero-order valence-corrected chi connectivity index (χ0v) is 9.44. The molecule has 16 heavy (non-hydrogen) atoms. The number of hydrogen-bond acceptors (Lipinski definition) is 4. The Hall–Kier alpha value is -0.630. The largest absolute Gasteiger partial charge is 0.492 e. The number of hydroxylamine groups is 2. The molecule has 1 aliphatic heterocycles. The Balaban J connectivity index is 2.22. The molecule has 0 saturated carbocycles. The van der Waals surface area contributed by atoms with Crippen LogP contribution in [0.4, 0.5) is 13.2 Å². The maximum atomic E-state index is 11.8.